The third-order valence-electron chi connectivity index (χ3n) is 5.66. The van der Waals surface area contributed by atoms with E-state index in [1.54, 1.807) is 19.3 Å². The van der Waals surface area contributed by atoms with Crippen molar-refractivity contribution in [3.8, 4) is 0 Å². The summed E-state index contributed by atoms with van der Waals surface area (Å²) in [6.45, 7) is 7.33. The highest BCUT2D eigenvalue weighted by molar-refractivity contribution is 5.35. The first-order valence-electron chi connectivity index (χ1n) is 5.69. The maximum atomic E-state index is 2.45. The van der Waals surface area contributed by atoms with Gasteiger partial charge in [0.05, 0.1) is 0 Å². The molecule has 3 aliphatic rings. The fraction of sp³-hybridized carbons (Fsp3) is 1.00. The lowest BCUT2D eigenvalue weighted by Gasteiger charge is -2.37. The van der Waals surface area contributed by atoms with E-state index < -0.39 is 0 Å². The molecule has 3 aliphatic carbocycles. The highest BCUT2D eigenvalue weighted by Gasteiger charge is 2.87. The van der Waals surface area contributed by atoms with Crippen molar-refractivity contribution in [1.29, 1.82) is 0 Å². The summed E-state index contributed by atoms with van der Waals surface area (Å²) in [7, 11) is 0. The second-order valence-electron chi connectivity index (χ2n) is 5.66. The van der Waals surface area contributed by atoms with E-state index in [2.05, 4.69) is 20.8 Å². The van der Waals surface area contributed by atoms with Crippen molar-refractivity contribution in [2.24, 2.45) is 28.6 Å². The first-order chi connectivity index (χ1) is 5.69. The lowest BCUT2D eigenvalue weighted by atomic mass is 9.68. The minimum absolute atomic E-state index is 0.780. The molecule has 0 aromatic rings. The lowest BCUT2D eigenvalue weighted by molar-refractivity contribution is 0.120. The van der Waals surface area contributed by atoms with Crippen molar-refractivity contribution < 1.29 is 0 Å². The Kier molecular flexibility index (Phi) is 1.09. The summed E-state index contributed by atoms with van der Waals surface area (Å²) in [6.07, 6.45) is 6.15. The molecule has 0 heterocycles. The van der Waals surface area contributed by atoms with Gasteiger partial charge in [0, 0.05) is 0 Å². The van der Waals surface area contributed by atoms with E-state index >= 15 is 0 Å². The third-order valence-corrected chi connectivity index (χ3v) is 5.66. The number of hydrogen-bond donors (Lipinski definition) is 0. The smallest absolute Gasteiger partial charge is 0.0173 e. The monoisotopic (exact) mass is 164 g/mol. The van der Waals surface area contributed by atoms with E-state index in [9.17, 15) is 0 Å². The zero-order chi connectivity index (χ0) is 8.56. The summed E-state index contributed by atoms with van der Waals surface area (Å²) in [5.41, 5.74) is 1.69. The maximum absolute atomic E-state index is 2.45. The molecule has 0 aromatic heterocycles. The van der Waals surface area contributed by atoms with Crippen LogP contribution >= 0.6 is 0 Å². The lowest BCUT2D eigenvalue weighted by Crippen LogP contribution is -2.29. The van der Waals surface area contributed by atoms with Crippen LogP contribution in [0.4, 0.5) is 0 Å². The van der Waals surface area contributed by atoms with Gasteiger partial charge in [-0.3, -0.25) is 0 Å². The molecule has 3 saturated carbocycles. The summed E-state index contributed by atoms with van der Waals surface area (Å²) in [4.78, 5) is 0. The van der Waals surface area contributed by atoms with Gasteiger partial charge >= 0.3 is 0 Å². The van der Waals surface area contributed by atoms with Gasteiger partial charge in [0.2, 0.25) is 0 Å². The van der Waals surface area contributed by atoms with Crippen molar-refractivity contribution in [2.75, 3.05) is 0 Å². The van der Waals surface area contributed by atoms with Crippen LogP contribution in [-0.2, 0) is 0 Å². The van der Waals surface area contributed by atoms with E-state index in [4.69, 9.17) is 0 Å². The molecule has 4 atom stereocenters. The number of rotatable bonds is 2. The second-order valence-corrected chi connectivity index (χ2v) is 5.66. The van der Waals surface area contributed by atoms with Crippen LogP contribution in [0.25, 0.3) is 0 Å². The predicted molar refractivity (Wildman–Crippen MR) is 50.8 cm³/mol. The average Bonchev–Trinajstić information content (AvgIpc) is 2.83. The van der Waals surface area contributed by atoms with Crippen molar-refractivity contribution in [1.82, 2.24) is 0 Å². The van der Waals surface area contributed by atoms with E-state index in [1.165, 1.54) is 18.3 Å². The van der Waals surface area contributed by atoms with Gasteiger partial charge in [0.25, 0.3) is 0 Å². The van der Waals surface area contributed by atoms with Gasteiger partial charge in [-0.1, -0.05) is 20.8 Å². The van der Waals surface area contributed by atoms with Crippen molar-refractivity contribution in [3.63, 3.8) is 0 Å². The maximum Gasteiger partial charge on any atom is -0.0173 e. The zero-order valence-corrected chi connectivity index (χ0v) is 8.56. The predicted octanol–water partition coefficient (Wildman–Crippen LogP) is 3.47. The normalized spacial score (nSPS) is 60.0. The van der Waals surface area contributed by atoms with Crippen molar-refractivity contribution in [2.45, 2.75) is 46.5 Å². The van der Waals surface area contributed by atoms with E-state index in [0.717, 1.165) is 16.7 Å². The fourth-order valence-electron chi connectivity index (χ4n) is 4.83. The Labute approximate surface area is 75.7 Å². The molecule has 0 aliphatic heterocycles. The molecule has 3 fully saturated rings. The minimum Gasteiger partial charge on any atom is -0.0648 e. The van der Waals surface area contributed by atoms with Gasteiger partial charge in [0.15, 0.2) is 0 Å². The van der Waals surface area contributed by atoms with E-state index in [-0.39, 0.29) is 0 Å². The van der Waals surface area contributed by atoms with Gasteiger partial charge in [-0.15, -0.1) is 0 Å². The van der Waals surface area contributed by atoms with Gasteiger partial charge < -0.3 is 0 Å². The molecule has 0 aromatic carbocycles. The van der Waals surface area contributed by atoms with Gasteiger partial charge in [-0.05, 0) is 54.3 Å². The highest BCUT2D eigenvalue weighted by Crippen LogP contribution is 2.93. The Bertz CT molecular complexity index is 230. The topological polar surface area (TPSA) is 0 Å². The molecule has 0 nitrogen and oxygen atoms in total. The molecule has 0 N–H and O–H groups in total. The van der Waals surface area contributed by atoms with Crippen LogP contribution in [-0.4, -0.2) is 0 Å². The van der Waals surface area contributed by atoms with Crippen LogP contribution in [0.1, 0.15) is 46.5 Å². The van der Waals surface area contributed by atoms with Crippen molar-refractivity contribution in [3.05, 3.63) is 0 Å². The molecule has 68 valence electrons. The molecule has 1 spiro atoms. The van der Waals surface area contributed by atoms with Crippen LogP contribution in [0.2, 0.25) is 0 Å². The number of hydrogen-bond acceptors (Lipinski definition) is 0. The Morgan fingerprint density at radius 1 is 1.33 bits per heavy atom. The summed E-state index contributed by atoms with van der Waals surface area (Å²) in [6, 6.07) is 0. The molecule has 12 heavy (non-hydrogen) atoms. The van der Waals surface area contributed by atoms with Crippen LogP contribution in [0.3, 0.4) is 0 Å². The first-order valence-corrected chi connectivity index (χ1v) is 5.69. The van der Waals surface area contributed by atoms with Crippen LogP contribution < -0.4 is 0 Å². The van der Waals surface area contributed by atoms with Gasteiger partial charge in [0.1, 0.15) is 0 Å². The Balaban J connectivity index is 1.97. The van der Waals surface area contributed by atoms with Crippen LogP contribution in [0.5, 0.6) is 0 Å². The summed E-state index contributed by atoms with van der Waals surface area (Å²) < 4.78 is 0. The first kappa shape index (κ1) is 7.41. The highest BCUT2D eigenvalue weighted by atomic mass is 14.9. The Morgan fingerprint density at radius 3 is 2.33 bits per heavy atom. The van der Waals surface area contributed by atoms with E-state index in [0.29, 0.717) is 0 Å². The number of fused-ring (bicyclic) bond motifs is 1. The van der Waals surface area contributed by atoms with Gasteiger partial charge in [-0.2, -0.15) is 0 Å². The zero-order valence-electron chi connectivity index (χ0n) is 8.56. The summed E-state index contributed by atoms with van der Waals surface area (Å²) in [5, 5.41) is 0. The molecule has 0 amide bonds. The summed E-state index contributed by atoms with van der Waals surface area (Å²) >= 11 is 0. The summed E-state index contributed by atoms with van der Waals surface area (Å²) in [5.74, 6) is 3.33. The molecular formula is C12H20. The van der Waals surface area contributed by atoms with E-state index in [1.807, 2.05) is 0 Å². The largest absolute Gasteiger partial charge is 0.0648 e. The molecule has 0 radical (unpaired) electrons. The minimum atomic E-state index is 0.780. The van der Waals surface area contributed by atoms with Crippen LogP contribution in [0.15, 0.2) is 0 Å². The average molecular weight is 164 g/mol. The Morgan fingerprint density at radius 2 is 2.08 bits per heavy atom. The standard InChI is InChI=1S/C12H20/c1-4-11(8(2)3)6-5-9-10-7-12(9,10)11/h8-10H,4-7H2,1-3H3/t9?,10-,11?,12?/m1/s1. The molecule has 3 rings (SSSR count). The molecule has 0 bridgehead atoms. The van der Waals surface area contributed by atoms with Crippen molar-refractivity contribution >= 4 is 0 Å². The van der Waals surface area contributed by atoms with Gasteiger partial charge in [-0.25, -0.2) is 0 Å². The fourth-order valence-corrected chi connectivity index (χ4v) is 4.83. The second kappa shape index (κ2) is 1.76. The van der Waals surface area contributed by atoms with Crippen LogP contribution in [0, 0.1) is 28.6 Å². The SMILES string of the molecule is CCC1(C(C)C)CCC2[C@H]3CC231. The molecule has 0 saturated heterocycles. The Hall–Kier alpha value is 0. The molecule has 0 heteroatoms. The third kappa shape index (κ3) is 0.482. The quantitative estimate of drug-likeness (QED) is 0.586. The molecular weight excluding hydrogens is 144 g/mol. The molecule has 3 unspecified atom stereocenters.